The Morgan fingerprint density at radius 1 is 0.952 bits per heavy atom. The van der Waals surface area contributed by atoms with E-state index in [-0.39, 0.29) is 23.9 Å². The van der Waals surface area contributed by atoms with E-state index in [0.29, 0.717) is 47.7 Å². The van der Waals surface area contributed by atoms with Gasteiger partial charge in [-0.3, -0.25) is 19.2 Å². The zero-order valence-corrected chi connectivity index (χ0v) is 23.7. The topological polar surface area (TPSA) is 85.7 Å². The molecule has 0 bridgehead atoms. The molecule has 0 spiro atoms. The first-order chi connectivity index (χ1) is 20.2. The third kappa shape index (κ3) is 6.24. The number of anilines is 1. The van der Waals surface area contributed by atoms with Crippen LogP contribution in [0.5, 0.6) is 11.5 Å². The maximum absolute atomic E-state index is 14.2. The number of carbonyl (C=O) groups excluding carboxylic acids is 2. The van der Waals surface area contributed by atoms with Crippen molar-refractivity contribution in [1.29, 1.82) is 0 Å². The van der Waals surface area contributed by atoms with E-state index in [4.69, 9.17) is 9.47 Å². The van der Waals surface area contributed by atoms with Gasteiger partial charge in [-0.05, 0) is 80.5 Å². The van der Waals surface area contributed by atoms with Crippen LogP contribution in [0.2, 0.25) is 0 Å². The number of hydrogen-bond donors (Lipinski definition) is 1. The van der Waals surface area contributed by atoms with Crippen molar-refractivity contribution in [3.8, 4) is 11.5 Å². The SMILES string of the molecule is COc1ccc(C(C(=O)NC2CCCC2)N(C(=O)Cn2nc(C(F)(F)F)c3c2CCCC3)c2ccc(OC)cc2)cc1. The van der Waals surface area contributed by atoms with E-state index in [1.165, 1.54) is 23.8 Å². The van der Waals surface area contributed by atoms with E-state index in [1.54, 1.807) is 48.5 Å². The molecule has 1 N–H and O–H groups in total. The number of ether oxygens (including phenoxy) is 2. The summed E-state index contributed by atoms with van der Waals surface area (Å²) in [5, 5.41) is 7.01. The van der Waals surface area contributed by atoms with E-state index in [0.717, 1.165) is 25.7 Å². The van der Waals surface area contributed by atoms with Crippen molar-refractivity contribution in [2.45, 2.75) is 76.2 Å². The number of nitrogens with one attached hydrogen (secondary N) is 1. The first-order valence-corrected chi connectivity index (χ1v) is 14.3. The van der Waals surface area contributed by atoms with Gasteiger partial charge in [-0.1, -0.05) is 25.0 Å². The number of hydrogen-bond acceptors (Lipinski definition) is 5. The first kappa shape index (κ1) is 29.5. The highest BCUT2D eigenvalue weighted by molar-refractivity contribution is 6.01. The third-order valence-corrected chi connectivity index (χ3v) is 8.07. The summed E-state index contributed by atoms with van der Waals surface area (Å²) in [6, 6.07) is 12.4. The molecule has 2 aliphatic carbocycles. The van der Waals surface area contributed by atoms with E-state index < -0.39 is 30.4 Å². The van der Waals surface area contributed by atoms with Crippen molar-refractivity contribution in [3.63, 3.8) is 0 Å². The van der Waals surface area contributed by atoms with E-state index in [2.05, 4.69) is 10.4 Å². The van der Waals surface area contributed by atoms with Crippen LogP contribution in [0.3, 0.4) is 0 Å². The number of amides is 2. The van der Waals surface area contributed by atoms with Crippen molar-refractivity contribution < 1.29 is 32.2 Å². The summed E-state index contributed by atoms with van der Waals surface area (Å²) in [7, 11) is 3.05. The Kier molecular flexibility index (Phi) is 8.74. The number of nitrogens with zero attached hydrogens (tertiary/aromatic N) is 3. The van der Waals surface area contributed by atoms with E-state index in [9.17, 15) is 22.8 Å². The van der Waals surface area contributed by atoms with Gasteiger partial charge in [0.1, 0.15) is 24.1 Å². The minimum absolute atomic E-state index is 0.0152. The molecular formula is C31H35F3N4O4. The summed E-state index contributed by atoms with van der Waals surface area (Å²) in [4.78, 5) is 29.6. The predicted octanol–water partition coefficient (Wildman–Crippen LogP) is 5.63. The minimum atomic E-state index is -4.63. The quantitative estimate of drug-likeness (QED) is 0.352. The number of alkyl halides is 3. The lowest BCUT2D eigenvalue weighted by molar-refractivity contribution is -0.142. The van der Waals surface area contributed by atoms with E-state index in [1.807, 2.05) is 0 Å². The highest BCUT2D eigenvalue weighted by Crippen LogP contribution is 2.37. The number of methoxy groups -OCH3 is 2. The molecule has 11 heteroatoms. The smallest absolute Gasteiger partial charge is 0.435 e. The van der Waals surface area contributed by atoms with Gasteiger partial charge in [-0.25, -0.2) is 0 Å². The summed E-state index contributed by atoms with van der Waals surface area (Å²) in [6.45, 7) is -0.451. The Hall–Kier alpha value is -4.02. The van der Waals surface area contributed by atoms with Gasteiger partial charge >= 0.3 is 6.18 Å². The summed E-state index contributed by atoms with van der Waals surface area (Å²) < 4.78 is 53.4. The molecule has 224 valence electrons. The standard InChI is InChI=1S/C31H35F3N4O4/c1-41-23-15-11-20(12-16-23)28(30(40)35-21-7-3-4-8-21)38(22-13-17-24(42-2)18-14-22)27(39)19-37-26-10-6-5-9-25(26)29(36-37)31(32,33)34/h11-18,21,28H,3-10,19H2,1-2H3,(H,35,40). The van der Waals surface area contributed by atoms with Gasteiger partial charge in [0.2, 0.25) is 11.8 Å². The molecule has 1 unspecified atom stereocenters. The molecule has 42 heavy (non-hydrogen) atoms. The molecule has 1 saturated carbocycles. The highest BCUT2D eigenvalue weighted by Gasteiger charge is 2.41. The van der Waals surface area contributed by atoms with Crippen LogP contribution in [-0.4, -0.2) is 41.9 Å². The molecule has 0 saturated heterocycles. The van der Waals surface area contributed by atoms with Crippen LogP contribution in [-0.2, 0) is 35.2 Å². The monoisotopic (exact) mass is 584 g/mol. The molecule has 2 aromatic carbocycles. The molecule has 2 amide bonds. The fourth-order valence-electron chi connectivity index (χ4n) is 5.97. The van der Waals surface area contributed by atoms with Crippen molar-refractivity contribution >= 4 is 17.5 Å². The first-order valence-electron chi connectivity index (χ1n) is 14.3. The van der Waals surface area contributed by atoms with Crippen LogP contribution in [0, 0.1) is 0 Å². The lowest BCUT2D eigenvalue weighted by Crippen LogP contribution is -2.47. The summed E-state index contributed by atoms with van der Waals surface area (Å²) in [5.74, 6) is 0.208. The van der Waals surface area contributed by atoms with Crippen LogP contribution in [0.15, 0.2) is 48.5 Å². The third-order valence-electron chi connectivity index (χ3n) is 8.07. The minimum Gasteiger partial charge on any atom is -0.497 e. The molecular weight excluding hydrogens is 549 g/mol. The highest BCUT2D eigenvalue weighted by atomic mass is 19.4. The maximum Gasteiger partial charge on any atom is 0.435 e. The van der Waals surface area contributed by atoms with Gasteiger partial charge in [-0.2, -0.15) is 18.3 Å². The van der Waals surface area contributed by atoms with Gasteiger partial charge in [0.15, 0.2) is 5.69 Å². The predicted molar refractivity (Wildman–Crippen MR) is 150 cm³/mol. The van der Waals surface area contributed by atoms with Crippen molar-refractivity contribution in [2.75, 3.05) is 19.1 Å². The molecule has 1 aromatic heterocycles. The lowest BCUT2D eigenvalue weighted by atomic mass is 9.95. The number of aromatic nitrogens is 2. The molecule has 0 aliphatic heterocycles. The Balaban J connectivity index is 1.58. The maximum atomic E-state index is 14.2. The normalized spacial score (nSPS) is 16.0. The molecule has 0 radical (unpaired) electrons. The Bertz CT molecular complexity index is 1400. The Labute approximate surface area is 242 Å². The molecule has 1 fully saturated rings. The summed E-state index contributed by atoms with van der Waals surface area (Å²) in [6.07, 6.45) is 1.08. The van der Waals surface area contributed by atoms with Crippen molar-refractivity contribution in [1.82, 2.24) is 15.1 Å². The van der Waals surface area contributed by atoms with E-state index >= 15 is 0 Å². The zero-order chi connectivity index (χ0) is 29.9. The average Bonchev–Trinajstić information content (AvgIpc) is 3.64. The second kappa shape index (κ2) is 12.5. The number of carbonyl (C=O) groups is 2. The second-order valence-corrected chi connectivity index (χ2v) is 10.8. The van der Waals surface area contributed by atoms with Gasteiger partial charge in [0.25, 0.3) is 0 Å². The molecule has 1 heterocycles. The van der Waals surface area contributed by atoms with Crippen LogP contribution in [0.1, 0.15) is 67.1 Å². The van der Waals surface area contributed by atoms with Crippen LogP contribution in [0.25, 0.3) is 0 Å². The Morgan fingerprint density at radius 3 is 2.14 bits per heavy atom. The molecule has 1 atom stereocenters. The van der Waals surface area contributed by atoms with Gasteiger partial charge in [0, 0.05) is 23.0 Å². The molecule has 3 aromatic rings. The fourth-order valence-corrected chi connectivity index (χ4v) is 5.97. The van der Waals surface area contributed by atoms with Crippen molar-refractivity contribution in [3.05, 3.63) is 71.0 Å². The molecule has 2 aliphatic rings. The van der Waals surface area contributed by atoms with Crippen LogP contribution >= 0.6 is 0 Å². The zero-order valence-electron chi connectivity index (χ0n) is 23.7. The number of halogens is 3. The van der Waals surface area contributed by atoms with Gasteiger partial charge in [-0.15, -0.1) is 0 Å². The fraction of sp³-hybridized carbons (Fsp3) is 0.452. The van der Waals surface area contributed by atoms with Crippen LogP contribution < -0.4 is 19.7 Å². The second-order valence-electron chi connectivity index (χ2n) is 10.8. The molecule has 5 rings (SSSR count). The molecule has 8 nitrogen and oxygen atoms in total. The average molecular weight is 585 g/mol. The largest absolute Gasteiger partial charge is 0.497 e. The van der Waals surface area contributed by atoms with Gasteiger partial charge < -0.3 is 14.8 Å². The Morgan fingerprint density at radius 2 is 1.55 bits per heavy atom. The summed E-state index contributed by atoms with van der Waals surface area (Å²) >= 11 is 0. The summed E-state index contributed by atoms with van der Waals surface area (Å²) in [5.41, 5.74) is 0.581. The number of fused-ring (bicyclic) bond motifs is 1. The number of rotatable bonds is 9. The number of benzene rings is 2. The lowest BCUT2D eigenvalue weighted by Gasteiger charge is -2.32. The van der Waals surface area contributed by atoms with Crippen molar-refractivity contribution in [2.24, 2.45) is 0 Å². The van der Waals surface area contributed by atoms with Crippen LogP contribution in [0.4, 0.5) is 18.9 Å². The van der Waals surface area contributed by atoms with Gasteiger partial charge in [0.05, 0.1) is 14.2 Å².